The van der Waals surface area contributed by atoms with Crippen molar-refractivity contribution < 1.29 is 4.39 Å². The first kappa shape index (κ1) is 19.3. The molecule has 0 heterocycles. The fraction of sp³-hybridized carbons (Fsp3) is 0.280. The van der Waals surface area contributed by atoms with Crippen LogP contribution in [0.5, 0.6) is 0 Å². The molecule has 0 fully saturated rings. The molecule has 2 heteroatoms. The molecular formula is C25H28FN. The molecule has 1 unspecified atom stereocenters. The monoisotopic (exact) mass is 361 g/mol. The third kappa shape index (κ3) is 5.77. The van der Waals surface area contributed by atoms with Crippen molar-refractivity contribution in [3.63, 3.8) is 0 Å². The van der Waals surface area contributed by atoms with Crippen LogP contribution in [0.25, 0.3) is 0 Å². The molecule has 1 N–H and O–H groups in total. The molecule has 0 aliphatic heterocycles. The van der Waals surface area contributed by atoms with E-state index in [9.17, 15) is 4.39 Å². The zero-order valence-corrected chi connectivity index (χ0v) is 16.0. The Morgan fingerprint density at radius 2 is 1.52 bits per heavy atom. The fourth-order valence-electron chi connectivity index (χ4n) is 3.61. The summed E-state index contributed by atoms with van der Waals surface area (Å²) in [4.78, 5) is 0. The first-order valence-corrected chi connectivity index (χ1v) is 9.83. The number of rotatable bonds is 9. The second kappa shape index (κ2) is 10.0. The summed E-state index contributed by atoms with van der Waals surface area (Å²) in [7, 11) is 0. The van der Waals surface area contributed by atoms with Gasteiger partial charge in [0, 0.05) is 19.0 Å². The van der Waals surface area contributed by atoms with Gasteiger partial charge in [-0.2, -0.15) is 0 Å². The lowest BCUT2D eigenvalue weighted by Crippen LogP contribution is -2.23. The standard InChI is InChI=1S/C25H28FN/c1-2-8-22-11-6-7-12-25(22)23(17-20-9-4-3-5-10-20)19-27-18-21-13-15-24(26)16-14-21/h3-7,9-16,23,27H,2,8,17-19H2,1H3. The Balaban J connectivity index is 1.74. The van der Waals surface area contributed by atoms with Gasteiger partial charge in [0.1, 0.15) is 5.82 Å². The summed E-state index contributed by atoms with van der Waals surface area (Å²) < 4.78 is 13.1. The molecule has 27 heavy (non-hydrogen) atoms. The van der Waals surface area contributed by atoms with E-state index in [1.54, 1.807) is 0 Å². The van der Waals surface area contributed by atoms with E-state index in [1.807, 2.05) is 12.1 Å². The first-order chi connectivity index (χ1) is 13.3. The molecule has 0 spiro atoms. The van der Waals surface area contributed by atoms with Crippen LogP contribution in [0.1, 0.15) is 41.5 Å². The number of hydrogen-bond acceptors (Lipinski definition) is 1. The first-order valence-electron chi connectivity index (χ1n) is 9.83. The second-order valence-corrected chi connectivity index (χ2v) is 7.09. The van der Waals surface area contributed by atoms with Crippen molar-refractivity contribution in [3.05, 3.63) is 107 Å². The highest BCUT2D eigenvalue weighted by Gasteiger charge is 2.15. The minimum atomic E-state index is -0.186. The quantitative estimate of drug-likeness (QED) is 0.501. The molecule has 0 aliphatic rings. The van der Waals surface area contributed by atoms with Crippen molar-refractivity contribution in [2.75, 3.05) is 6.54 Å². The summed E-state index contributed by atoms with van der Waals surface area (Å²) in [5, 5.41) is 3.59. The van der Waals surface area contributed by atoms with Crippen LogP contribution in [0.4, 0.5) is 4.39 Å². The van der Waals surface area contributed by atoms with Gasteiger partial charge in [0.05, 0.1) is 0 Å². The summed E-state index contributed by atoms with van der Waals surface area (Å²) in [5.41, 5.74) is 5.36. The largest absolute Gasteiger partial charge is 0.312 e. The molecule has 0 aromatic heterocycles. The van der Waals surface area contributed by atoms with E-state index in [-0.39, 0.29) is 5.82 Å². The molecular weight excluding hydrogens is 333 g/mol. The van der Waals surface area contributed by atoms with Crippen LogP contribution >= 0.6 is 0 Å². The molecule has 0 radical (unpaired) electrons. The molecule has 3 aromatic rings. The molecule has 3 rings (SSSR count). The summed E-state index contributed by atoms with van der Waals surface area (Å²) in [6, 6.07) is 26.2. The average Bonchev–Trinajstić information content (AvgIpc) is 2.70. The minimum Gasteiger partial charge on any atom is -0.312 e. The molecule has 3 aromatic carbocycles. The van der Waals surface area contributed by atoms with Gasteiger partial charge in [0.25, 0.3) is 0 Å². The van der Waals surface area contributed by atoms with Gasteiger partial charge in [-0.1, -0.05) is 80.1 Å². The number of halogens is 1. The van der Waals surface area contributed by atoms with Crippen LogP contribution in [-0.4, -0.2) is 6.54 Å². The maximum absolute atomic E-state index is 13.1. The van der Waals surface area contributed by atoms with Crippen molar-refractivity contribution in [1.29, 1.82) is 0 Å². The molecule has 0 saturated heterocycles. The van der Waals surface area contributed by atoms with Crippen LogP contribution in [0.2, 0.25) is 0 Å². The molecule has 1 nitrogen and oxygen atoms in total. The van der Waals surface area contributed by atoms with Crippen LogP contribution in [-0.2, 0) is 19.4 Å². The summed E-state index contributed by atoms with van der Waals surface area (Å²) in [5.74, 6) is 0.227. The molecule has 0 saturated carbocycles. The van der Waals surface area contributed by atoms with Crippen molar-refractivity contribution in [2.24, 2.45) is 0 Å². The molecule has 0 amide bonds. The van der Waals surface area contributed by atoms with E-state index in [0.29, 0.717) is 5.92 Å². The Morgan fingerprint density at radius 1 is 0.815 bits per heavy atom. The highest BCUT2D eigenvalue weighted by Crippen LogP contribution is 2.25. The second-order valence-electron chi connectivity index (χ2n) is 7.09. The van der Waals surface area contributed by atoms with Crippen molar-refractivity contribution in [1.82, 2.24) is 5.32 Å². The van der Waals surface area contributed by atoms with Gasteiger partial charge in [0.15, 0.2) is 0 Å². The van der Waals surface area contributed by atoms with Crippen molar-refractivity contribution in [3.8, 4) is 0 Å². The van der Waals surface area contributed by atoms with E-state index in [1.165, 1.54) is 28.8 Å². The van der Waals surface area contributed by atoms with Crippen molar-refractivity contribution >= 4 is 0 Å². The Labute approximate surface area is 162 Å². The van der Waals surface area contributed by atoms with Crippen LogP contribution < -0.4 is 5.32 Å². The average molecular weight is 362 g/mol. The van der Waals surface area contributed by atoms with Crippen LogP contribution in [0, 0.1) is 5.82 Å². The van der Waals surface area contributed by atoms with E-state index in [4.69, 9.17) is 0 Å². The number of benzene rings is 3. The summed E-state index contributed by atoms with van der Waals surface area (Å²) in [6.07, 6.45) is 3.27. The van der Waals surface area contributed by atoms with E-state index >= 15 is 0 Å². The number of nitrogens with one attached hydrogen (secondary N) is 1. The predicted molar refractivity (Wildman–Crippen MR) is 111 cm³/mol. The highest BCUT2D eigenvalue weighted by molar-refractivity contribution is 5.33. The Bertz CT molecular complexity index is 811. The van der Waals surface area contributed by atoms with Gasteiger partial charge >= 0.3 is 0 Å². The maximum Gasteiger partial charge on any atom is 0.123 e. The normalized spacial score (nSPS) is 12.1. The predicted octanol–water partition coefficient (Wildman–Crippen LogP) is 5.89. The summed E-state index contributed by atoms with van der Waals surface area (Å²) in [6.45, 7) is 3.88. The number of hydrogen-bond donors (Lipinski definition) is 1. The smallest absolute Gasteiger partial charge is 0.123 e. The van der Waals surface area contributed by atoms with Gasteiger partial charge in [0.2, 0.25) is 0 Å². The van der Waals surface area contributed by atoms with E-state index in [2.05, 4.69) is 66.8 Å². The topological polar surface area (TPSA) is 12.0 Å². The van der Waals surface area contributed by atoms with Gasteiger partial charge < -0.3 is 5.32 Å². The third-order valence-electron chi connectivity index (χ3n) is 4.97. The lowest BCUT2D eigenvalue weighted by atomic mass is 9.87. The maximum atomic E-state index is 13.1. The van der Waals surface area contributed by atoms with Crippen LogP contribution in [0.3, 0.4) is 0 Å². The SMILES string of the molecule is CCCc1ccccc1C(CNCc1ccc(F)cc1)Cc1ccccc1. The Hall–Kier alpha value is -2.45. The van der Waals surface area contributed by atoms with Gasteiger partial charge in [-0.15, -0.1) is 0 Å². The lowest BCUT2D eigenvalue weighted by Gasteiger charge is -2.22. The van der Waals surface area contributed by atoms with Gasteiger partial charge in [-0.05, 0) is 47.2 Å². The van der Waals surface area contributed by atoms with Gasteiger partial charge in [-0.25, -0.2) is 4.39 Å². The molecule has 0 aliphatic carbocycles. The zero-order valence-electron chi connectivity index (χ0n) is 16.0. The minimum absolute atomic E-state index is 0.186. The lowest BCUT2D eigenvalue weighted by molar-refractivity contribution is 0.574. The van der Waals surface area contributed by atoms with Crippen LogP contribution in [0.15, 0.2) is 78.9 Å². The molecule has 1 atom stereocenters. The third-order valence-corrected chi connectivity index (χ3v) is 4.97. The zero-order chi connectivity index (χ0) is 18.9. The van der Waals surface area contributed by atoms with Crippen molar-refractivity contribution in [2.45, 2.75) is 38.6 Å². The Kier molecular flexibility index (Phi) is 7.18. The fourth-order valence-corrected chi connectivity index (χ4v) is 3.61. The molecule has 140 valence electrons. The number of aryl methyl sites for hydroxylation is 1. The molecule has 0 bridgehead atoms. The summed E-state index contributed by atoms with van der Waals surface area (Å²) >= 11 is 0. The Morgan fingerprint density at radius 3 is 2.26 bits per heavy atom. The van der Waals surface area contributed by atoms with Gasteiger partial charge in [-0.3, -0.25) is 0 Å². The van der Waals surface area contributed by atoms with E-state index in [0.717, 1.165) is 37.9 Å². The highest BCUT2D eigenvalue weighted by atomic mass is 19.1. The van der Waals surface area contributed by atoms with E-state index < -0.39 is 0 Å².